The van der Waals surface area contributed by atoms with Crippen molar-refractivity contribution in [2.24, 2.45) is 4.99 Å². The first-order chi connectivity index (χ1) is 15.7. The van der Waals surface area contributed by atoms with Gasteiger partial charge in [-0.3, -0.25) is 9.59 Å². The number of likely N-dealkylation sites (N-methyl/N-ethyl adjacent to an activating group) is 1. The van der Waals surface area contributed by atoms with E-state index in [4.69, 9.17) is 23.2 Å². The zero-order valence-electron chi connectivity index (χ0n) is 19.0. The zero-order chi connectivity index (χ0) is 24.1. The van der Waals surface area contributed by atoms with Crippen molar-refractivity contribution < 1.29 is 9.59 Å². The molecule has 0 atom stereocenters. The molecule has 0 aliphatic heterocycles. The number of rotatable bonds is 7. The van der Waals surface area contributed by atoms with E-state index in [-0.39, 0.29) is 10.9 Å². The highest BCUT2D eigenvalue weighted by Crippen LogP contribution is 2.22. The van der Waals surface area contributed by atoms with Crippen LogP contribution < -0.4 is 10.1 Å². The molecule has 0 unspecified atom stereocenters. The molecule has 0 aliphatic rings. The maximum Gasteiger partial charge on any atom is 0.281 e. The van der Waals surface area contributed by atoms with Crippen molar-refractivity contribution in [3.63, 3.8) is 0 Å². The third kappa shape index (κ3) is 6.54. The summed E-state index contributed by atoms with van der Waals surface area (Å²) in [4.78, 5) is 33.1. The second-order valence-electron chi connectivity index (χ2n) is 7.91. The number of carbonyl (C=O) groups excluding carboxylic acids is 2. The summed E-state index contributed by atoms with van der Waals surface area (Å²) in [5.41, 5.74) is 2.94. The van der Waals surface area contributed by atoms with Gasteiger partial charge in [-0.1, -0.05) is 35.3 Å². The third-order valence-corrected chi connectivity index (χ3v) is 6.79. The van der Waals surface area contributed by atoms with E-state index in [9.17, 15) is 9.59 Å². The lowest BCUT2D eigenvalue weighted by Crippen LogP contribution is -2.31. The van der Waals surface area contributed by atoms with Crippen molar-refractivity contribution in [3.8, 4) is 0 Å². The van der Waals surface area contributed by atoms with E-state index in [0.29, 0.717) is 34.0 Å². The predicted octanol–water partition coefficient (Wildman–Crippen LogP) is 4.55. The molecule has 2 aromatic carbocycles. The Hall–Kier alpha value is -2.45. The van der Waals surface area contributed by atoms with Crippen LogP contribution in [0.15, 0.2) is 47.5 Å². The van der Waals surface area contributed by atoms with Gasteiger partial charge in [0.2, 0.25) is 0 Å². The van der Waals surface area contributed by atoms with Crippen LogP contribution in [0.25, 0.3) is 0 Å². The molecule has 1 aromatic heterocycles. The quantitative estimate of drug-likeness (QED) is 0.512. The number of benzene rings is 2. The second kappa shape index (κ2) is 11.1. The molecule has 0 aliphatic carbocycles. The van der Waals surface area contributed by atoms with Gasteiger partial charge in [0.05, 0.1) is 17.1 Å². The Morgan fingerprint density at radius 1 is 1.09 bits per heavy atom. The Morgan fingerprint density at radius 3 is 2.42 bits per heavy atom. The molecule has 33 heavy (non-hydrogen) atoms. The fourth-order valence-electron chi connectivity index (χ4n) is 3.12. The molecule has 3 rings (SSSR count). The van der Waals surface area contributed by atoms with Gasteiger partial charge in [0.1, 0.15) is 0 Å². The first-order valence-electron chi connectivity index (χ1n) is 10.4. The van der Waals surface area contributed by atoms with E-state index in [1.54, 1.807) is 12.1 Å². The third-order valence-electron chi connectivity index (χ3n) is 5.15. The van der Waals surface area contributed by atoms with Crippen LogP contribution in [0.1, 0.15) is 36.9 Å². The van der Waals surface area contributed by atoms with E-state index in [0.717, 1.165) is 22.7 Å². The molecule has 0 radical (unpaired) electrons. The maximum atomic E-state index is 12.8. The van der Waals surface area contributed by atoms with Crippen LogP contribution in [0.2, 0.25) is 10.0 Å². The monoisotopic (exact) mass is 504 g/mol. The van der Waals surface area contributed by atoms with Crippen LogP contribution in [0.4, 0.5) is 0 Å². The van der Waals surface area contributed by atoms with E-state index < -0.39 is 5.91 Å². The number of nitrogens with zero attached hydrogens (tertiary/aromatic N) is 3. The molecule has 9 heteroatoms. The van der Waals surface area contributed by atoms with Crippen molar-refractivity contribution in [1.29, 1.82) is 0 Å². The van der Waals surface area contributed by atoms with E-state index >= 15 is 0 Å². The summed E-state index contributed by atoms with van der Waals surface area (Å²) < 4.78 is 1.99. The van der Waals surface area contributed by atoms with Crippen molar-refractivity contribution >= 4 is 46.4 Å². The lowest BCUT2D eigenvalue weighted by atomic mass is 10.1. The molecule has 6 nitrogen and oxygen atoms in total. The largest absolute Gasteiger partial charge is 0.351 e. The fraction of sp³-hybridized carbons (Fsp3) is 0.292. The molecular formula is C24H26Cl2N4O2S. The van der Waals surface area contributed by atoms with Gasteiger partial charge in [0, 0.05) is 34.2 Å². The van der Waals surface area contributed by atoms with Crippen molar-refractivity contribution in [2.45, 2.75) is 20.4 Å². The standard InChI is InChI=1S/C24H26Cl2N4O2S/c1-15-16(2)33-24(28-23(32)20-10-9-19(25)13-21(20)26)30(15)14-17-5-7-18(8-6-17)22(31)27-11-12-29(3)4/h5-10,13H,11-12,14H2,1-4H3,(H,27,31). The number of hydrogen-bond acceptors (Lipinski definition) is 4. The summed E-state index contributed by atoms with van der Waals surface area (Å²) in [7, 11) is 3.93. The molecule has 174 valence electrons. The summed E-state index contributed by atoms with van der Waals surface area (Å²) in [6.07, 6.45) is 0. The minimum absolute atomic E-state index is 0.0975. The number of amides is 2. The van der Waals surface area contributed by atoms with Crippen LogP contribution in [0, 0.1) is 13.8 Å². The molecule has 3 aromatic rings. The Labute approximate surface area is 207 Å². The fourth-order valence-corrected chi connectivity index (χ4v) is 4.58. The molecule has 0 spiro atoms. The highest BCUT2D eigenvalue weighted by molar-refractivity contribution is 7.09. The van der Waals surface area contributed by atoms with Gasteiger partial charge < -0.3 is 14.8 Å². The Morgan fingerprint density at radius 2 is 1.79 bits per heavy atom. The Bertz CT molecular complexity index is 1230. The van der Waals surface area contributed by atoms with Gasteiger partial charge in [-0.05, 0) is 63.8 Å². The van der Waals surface area contributed by atoms with Crippen LogP contribution in [-0.2, 0) is 6.54 Å². The number of nitrogens with one attached hydrogen (secondary N) is 1. The summed E-state index contributed by atoms with van der Waals surface area (Å²) in [6.45, 7) is 5.89. The highest BCUT2D eigenvalue weighted by atomic mass is 35.5. The molecule has 0 saturated heterocycles. The number of halogens is 2. The minimum Gasteiger partial charge on any atom is -0.351 e. The maximum absolute atomic E-state index is 12.8. The molecule has 0 fully saturated rings. The number of aryl methyl sites for hydroxylation is 1. The van der Waals surface area contributed by atoms with Gasteiger partial charge in [-0.15, -0.1) is 11.3 Å². The summed E-state index contributed by atoms with van der Waals surface area (Å²) in [6, 6.07) is 12.2. The smallest absolute Gasteiger partial charge is 0.281 e. The van der Waals surface area contributed by atoms with Crippen LogP contribution in [0.3, 0.4) is 0 Å². The summed E-state index contributed by atoms with van der Waals surface area (Å²) >= 11 is 13.6. The normalized spacial score (nSPS) is 11.8. The number of aromatic nitrogens is 1. The first kappa shape index (κ1) is 25.2. The number of thiazole rings is 1. The van der Waals surface area contributed by atoms with Crippen LogP contribution >= 0.6 is 34.5 Å². The van der Waals surface area contributed by atoms with Crippen LogP contribution in [-0.4, -0.2) is 48.5 Å². The van der Waals surface area contributed by atoms with E-state index in [1.807, 2.05) is 61.7 Å². The molecule has 2 amide bonds. The number of hydrogen-bond donors (Lipinski definition) is 1. The Balaban J connectivity index is 1.81. The lowest BCUT2D eigenvalue weighted by molar-refractivity contribution is 0.0949. The molecule has 0 bridgehead atoms. The topological polar surface area (TPSA) is 66.7 Å². The van der Waals surface area contributed by atoms with Crippen molar-refractivity contribution in [2.75, 3.05) is 27.2 Å². The van der Waals surface area contributed by atoms with E-state index in [2.05, 4.69) is 10.3 Å². The molecule has 1 N–H and O–H groups in total. The molecule has 1 heterocycles. The summed E-state index contributed by atoms with van der Waals surface area (Å²) in [5.74, 6) is -0.517. The number of carbonyl (C=O) groups is 2. The SMILES string of the molecule is Cc1sc(=NC(=O)c2ccc(Cl)cc2Cl)n(Cc2ccc(C(=O)NCCN(C)C)cc2)c1C. The average Bonchev–Trinajstić information content (AvgIpc) is 3.01. The van der Waals surface area contributed by atoms with Gasteiger partial charge in [0.25, 0.3) is 11.8 Å². The highest BCUT2D eigenvalue weighted by Gasteiger charge is 2.13. The van der Waals surface area contributed by atoms with Gasteiger partial charge >= 0.3 is 0 Å². The van der Waals surface area contributed by atoms with Gasteiger partial charge in [-0.25, -0.2) is 0 Å². The van der Waals surface area contributed by atoms with E-state index in [1.165, 1.54) is 17.4 Å². The average molecular weight is 505 g/mol. The minimum atomic E-state index is -0.420. The first-order valence-corrected chi connectivity index (χ1v) is 12.0. The van der Waals surface area contributed by atoms with Crippen LogP contribution in [0.5, 0.6) is 0 Å². The van der Waals surface area contributed by atoms with Crippen molar-refractivity contribution in [1.82, 2.24) is 14.8 Å². The Kier molecular flexibility index (Phi) is 8.48. The molecular weight excluding hydrogens is 479 g/mol. The van der Waals surface area contributed by atoms with Gasteiger partial charge in [0.15, 0.2) is 4.80 Å². The van der Waals surface area contributed by atoms with Gasteiger partial charge in [-0.2, -0.15) is 4.99 Å². The molecule has 0 saturated carbocycles. The predicted molar refractivity (Wildman–Crippen MR) is 135 cm³/mol. The van der Waals surface area contributed by atoms with Crippen molar-refractivity contribution in [3.05, 3.63) is 84.6 Å². The summed E-state index contributed by atoms with van der Waals surface area (Å²) in [5, 5.41) is 3.64. The zero-order valence-corrected chi connectivity index (χ0v) is 21.3. The second-order valence-corrected chi connectivity index (χ2v) is 9.93. The lowest BCUT2D eigenvalue weighted by Gasteiger charge is -2.11.